The third kappa shape index (κ3) is 5.70. The second-order valence-electron chi connectivity index (χ2n) is 6.51. The number of benzene rings is 1. The van der Waals surface area contributed by atoms with Crippen molar-refractivity contribution in [2.24, 2.45) is 7.05 Å². The summed E-state index contributed by atoms with van der Waals surface area (Å²) in [7, 11) is 1.87. The fourth-order valence-electron chi connectivity index (χ4n) is 2.59. The average molecular weight is 357 g/mol. The quantitative estimate of drug-likeness (QED) is 0.758. The number of hydrogen-bond acceptors (Lipinski definition) is 4. The number of carbonyl (C=O) groups excluding carboxylic acids is 2. The predicted molar refractivity (Wildman–Crippen MR) is 102 cm³/mol. The van der Waals surface area contributed by atoms with Crippen molar-refractivity contribution in [2.45, 2.75) is 33.4 Å². The first-order chi connectivity index (χ1) is 12.4. The monoisotopic (exact) mass is 357 g/mol. The molecule has 0 aliphatic heterocycles. The Morgan fingerprint density at radius 2 is 2.08 bits per heavy atom. The van der Waals surface area contributed by atoms with Crippen LogP contribution in [0.1, 0.15) is 36.7 Å². The van der Waals surface area contributed by atoms with E-state index < -0.39 is 0 Å². The van der Waals surface area contributed by atoms with Crippen LogP contribution in [0, 0.1) is 0 Å². The summed E-state index contributed by atoms with van der Waals surface area (Å²) in [6.45, 7) is 7.45. The highest BCUT2D eigenvalue weighted by Crippen LogP contribution is 2.12. The first-order valence-electron chi connectivity index (χ1n) is 8.78. The molecule has 1 aromatic carbocycles. The van der Waals surface area contributed by atoms with Crippen LogP contribution < -0.4 is 10.6 Å². The zero-order chi connectivity index (χ0) is 19.1. The van der Waals surface area contributed by atoms with E-state index in [-0.39, 0.29) is 24.4 Å². The van der Waals surface area contributed by atoms with Gasteiger partial charge in [-0.3, -0.25) is 19.2 Å². The lowest BCUT2D eigenvalue weighted by atomic mass is 10.2. The van der Waals surface area contributed by atoms with E-state index in [0.29, 0.717) is 24.3 Å². The highest BCUT2D eigenvalue weighted by atomic mass is 16.2. The van der Waals surface area contributed by atoms with E-state index in [0.717, 1.165) is 5.56 Å². The third-order valence-corrected chi connectivity index (χ3v) is 3.97. The molecular formula is C19H27N5O2. The SMILES string of the molecule is CCNC(=O)c1cccc(NC(=O)CN(Cc2cnn(C)c2)C(C)C)c1. The Kier molecular flexibility index (Phi) is 6.91. The molecule has 0 fully saturated rings. The van der Waals surface area contributed by atoms with E-state index in [4.69, 9.17) is 0 Å². The Hall–Kier alpha value is -2.67. The van der Waals surface area contributed by atoms with E-state index in [9.17, 15) is 9.59 Å². The maximum absolute atomic E-state index is 12.5. The maximum atomic E-state index is 12.5. The van der Waals surface area contributed by atoms with Gasteiger partial charge in [0.05, 0.1) is 12.7 Å². The van der Waals surface area contributed by atoms with Gasteiger partial charge in [0.15, 0.2) is 0 Å². The fraction of sp³-hybridized carbons (Fsp3) is 0.421. The van der Waals surface area contributed by atoms with E-state index in [2.05, 4.69) is 34.5 Å². The van der Waals surface area contributed by atoms with Crippen molar-refractivity contribution >= 4 is 17.5 Å². The lowest BCUT2D eigenvalue weighted by molar-refractivity contribution is -0.117. The van der Waals surface area contributed by atoms with Gasteiger partial charge in [-0.25, -0.2) is 0 Å². The summed E-state index contributed by atoms with van der Waals surface area (Å²) in [4.78, 5) is 26.4. The zero-order valence-corrected chi connectivity index (χ0v) is 15.8. The Labute approximate surface area is 154 Å². The van der Waals surface area contributed by atoms with Crippen molar-refractivity contribution in [3.8, 4) is 0 Å². The normalized spacial score (nSPS) is 11.0. The predicted octanol–water partition coefficient (Wildman–Crippen LogP) is 2.02. The largest absolute Gasteiger partial charge is 0.352 e. The fourth-order valence-corrected chi connectivity index (χ4v) is 2.59. The molecule has 0 aliphatic carbocycles. The molecule has 0 radical (unpaired) electrons. The summed E-state index contributed by atoms with van der Waals surface area (Å²) in [6.07, 6.45) is 3.76. The Balaban J connectivity index is 1.99. The molecule has 0 saturated heterocycles. The van der Waals surface area contributed by atoms with Crippen molar-refractivity contribution < 1.29 is 9.59 Å². The van der Waals surface area contributed by atoms with Gasteiger partial charge < -0.3 is 10.6 Å². The van der Waals surface area contributed by atoms with Crippen molar-refractivity contribution in [3.63, 3.8) is 0 Å². The molecule has 2 rings (SSSR count). The second-order valence-corrected chi connectivity index (χ2v) is 6.51. The van der Waals surface area contributed by atoms with Crippen LogP contribution in [0.5, 0.6) is 0 Å². The van der Waals surface area contributed by atoms with E-state index in [1.54, 1.807) is 28.9 Å². The standard InChI is InChI=1S/C19H27N5O2/c1-5-20-19(26)16-7-6-8-17(9-16)22-18(25)13-24(14(2)3)12-15-10-21-23(4)11-15/h6-11,14H,5,12-13H2,1-4H3,(H,20,26)(H,22,25). The Morgan fingerprint density at radius 3 is 2.69 bits per heavy atom. The summed E-state index contributed by atoms with van der Waals surface area (Å²) in [6, 6.07) is 7.16. The van der Waals surface area contributed by atoms with Gasteiger partial charge in [-0.1, -0.05) is 6.07 Å². The van der Waals surface area contributed by atoms with E-state index in [1.807, 2.05) is 26.4 Å². The summed E-state index contributed by atoms with van der Waals surface area (Å²) in [5.74, 6) is -0.264. The molecule has 0 saturated carbocycles. The van der Waals surface area contributed by atoms with Gasteiger partial charge >= 0.3 is 0 Å². The molecule has 2 N–H and O–H groups in total. The molecule has 0 spiro atoms. The van der Waals surface area contributed by atoms with E-state index in [1.165, 1.54) is 0 Å². The molecule has 7 heteroatoms. The van der Waals surface area contributed by atoms with Gasteiger partial charge in [0, 0.05) is 49.2 Å². The van der Waals surface area contributed by atoms with Crippen LogP contribution in [-0.4, -0.2) is 45.6 Å². The molecule has 7 nitrogen and oxygen atoms in total. The summed E-state index contributed by atoms with van der Waals surface area (Å²) < 4.78 is 1.75. The molecule has 0 unspecified atom stereocenters. The number of carbonyl (C=O) groups is 2. The number of hydrogen-bond donors (Lipinski definition) is 2. The molecule has 2 aromatic rings. The van der Waals surface area contributed by atoms with Crippen LogP contribution in [0.3, 0.4) is 0 Å². The minimum Gasteiger partial charge on any atom is -0.352 e. The molecule has 2 amide bonds. The number of nitrogens with one attached hydrogen (secondary N) is 2. The van der Waals surface area contributed by atoms with Gasteiger partial charge in [-0.05, 0) is 39.0 Å². The van der Waals surface area contributed by atoms with Crippen LogP contribution in [0.15, 0.2) is 36.7 Å². The molecular weight excluding hydrogens is 330 g/mol. The van der Waals surface area contributed by atoms with Crippen molar-refractivity contribution in [1.82, 2.24) is 20.0 Å². The van der Waals surface area contributed by atoms with Gasteiger partial charge in [0.1, 0.15) is 0 Å². The van der Waals surface area contributed by atoms with Gasteiger partial charge in [0.2, 0.25) is 5.91 Å². The third-order valence-electron chi connectivity index (χ3n) is 3.97. The van der Waals surface area contributed by atoms with Crippen molar-refractivity contribution in [2.75, 3.05) is 18.4 Å². The molecule has 1 aromatic heterocycles. The van der Waals surface area contributed by atoms with Crippen LogP contribution >= 0.6 is 0 Å². The number of rotatable bonds is 8. The molecule has 1 heterocycles. The van der Waals surface area contributed by atoms with Crippen LogP contribution in [0.4, 0.5) is 5.69 Å². The topological polar surface area (TPSA) is 79.3 Å². The van der Waals surface area contributed by atoms with Crippen LogP contribution in [0.25, 0.3) is 0 Å². The van der Waals surface area contributed by atoms with Crippen molar-refractivity contribution in [3.05, 3.63) is 47.8 Å². The lowest BCUT2D eigenvalue weighted by Gasteiger charge is -2.25. The molecule has 26 heavy (non-hydrogen) atoms. The number of amides is 2. The second kappa shape index (κ2) is 9.15. The number of anilines is 1. The summed E-state index contributed by atoms with van der Waals surface area (Å²) in [5, 5.41) is 9.79. The molecule has 0 bridgehead atoms. The summed E-state index contributed by atoms with van der Waals surface area (Å²) in [5.41, 5.74) is 2.21. The lowest BCUT2D eigenvalue weighted by Crippen LogP contribution is -2.37. The first kappa shape index (κ1) is 19.7. The van der Waals surface area contributed by atoms with Gasteiger partial charge in [-0.15, -0.1) is 0 Å². The molecule has 0 aliphatic rings. The van der Waals surface area contributed by atoms with Crippen LogP contribution in [0.2, 0.25) is 0 Å². The van der Waals surface area contributed by atoms with E-state index >= 15 is 0 Å². The first-order valence-corrected chi connectivity index (χ1v) is 8.78. The minimum absolute atomic E-state index is 0.115. The number of aromatic nitrogens is 2. The minimum atomic E-state index is -0.149. The zero-order valence-electron chi connectivity index (χ0n) is 15.8. The van der Waals surface area contributed by atoms with Gasteiger partial charge in [-0.2, -0.15) is 5.10 Å². The summed E-state index contributed by atoms with van der Waals surface area (Å²) >= 11 is 0. The maximum Gasteiger partial charge on any atom is 0.251 e. The van der Waals surface area contributed by atoms with Gasteiger partial charge in [0.25, 0.3) is 5.91 Å². The highest BCUT2D eigenvalue weighted by molar-refractivity contribution is 5.97. The number of nitrogens with zero attached hydrogens (tertiary/aromatic N) is 3. The highest BCUT2D eigenvalue weighted by Gasteiger charge is 2.16. The average Bonchev–Trinajstić information content (AvgIpc) is 2.99. The van der Waals surface area contributed by atoms with Crippen molar-refractivity contribution in [1.29, 1.82) is 0 Å². The Morgan fingerprint density at radius 1 is 1.31 bits per heavy atom. The molecule has 140 valence electrons. The Bertz CT molecular complexity index is 754. The molecule has 0 atom stereocenters. The number of aryl methyl sites for hydroxylation is 1. The van der Waals surface area contributed by atoms with Crippen LogP contribution in [-0.2, 0) is 18.4 Å². The smallest absolute Gasteiger partial charge is 0.251 e.